The molecule has 1 amide bonds. The second-order valence-corrected chi connectivity index (χ2v) is 7.83. The van der Waals surface area contributed by atoms with E-state index in [-0.39, 0.29) is 17.9 Å². The first-order valence-electron chi connectivity index (χ1n) is 9.19. The fourth-order valence-corrected chi connectivity index (χ4v) is 4.01. The van der Waals surface area contributed by atoms with Gasteiger partial charge in [0, 0.05) is 22.5 Å². The van der Waals surface area contributed by atoms with Gasteiger partial charge in [-0.1, -0.05) is 0 Å². The molecule has 30 heavy (non-hydrogen) atoms. The lowest BCUT2D eigenvalue weighted by Crippen LogP contribution is -2.34. The van der Waals surface area contributed by atoms with Crippen LogP contribution in [0.4, 0.5) is 9.52 Å². The van der Waals surface area contributed by atoms with Gasteiger partial charge in [-0.15, -0.1) is 11.3 Å². The fourth-order valence-electron chi connectivity index (χ4n) is 3.18. The minimum atomic E-state index is -0.521. The van der Waals surface area contributed by atoms with Crippen molar-refractivity contribution in [2.24, 2.45) is 0 Å². The molecule has 152 valence electrons. The highest BCUT2D eigenvalue weighted by Crippen LogP contribution is 2.30. The first-order chi connectivity index (χ1) is 14.4. The van der Waals surface area contributed by atoms with Crippen molar-refractivity contribution in [2.75, 3.05) is 5.32 Å². The minimum Gasteiger partial charge on any atom is -0.307 e. The van der Waals surface area contributed by atoms with Crippen LogP contribution >= 0.6 is 11.3 Å². The topological polar surface area (TPSA) is 96.8 Å². The lowest BCUT2D eigenvalue weighted by molar-refractivity contribution is 0.102. The molecule has 0 fully saturated rings. The highest BCUT2D eigenvalue weighted by atomic mass is 32.1. The van der Waals surface area contributed by atoms with Gasteiger partial charge in [0.2, 0.25) is 0 Å². The summed E-state index contributed by atoms with van der Waals surface area (Å²) < 4.78 is 14.2. The molecule has 0 unspecified atom stereocenters. The summed E-state index contributed by atoms with van der Waals surface area (Å²) in [5.74, 6) is -0.753. The van der Waals surface area contributed by atoms with E-state index in [1.165, 1.54) is 41.7 Å². The standard InChI is InChI=1S/C21H17FN4O3S/c1-3-26-19(28)15-9-6-13(10-16(15)23-21(26)29)18(27)25-20-24-17(11(2)30-20)12-4-7-14(22)8-5-12/h4-10H,3H2,1-2H3,(H,23,29)(H,24,25,27). The summed E-state index contributed by atoms with van der Waals surface area (Å²) in [6.07, 6.45) is 0. The third-order valence-electron chi connectivity index (χ3n) is 4.70. The van der Waals surface area contributed by atoms with Gasteiger partial charge in [-0.2, -0.15) is 0 Å². The third-order valence-corrected chi connectivity index (χ3v) is 5.58. The predicted molar refractivity (Wildman–Crippen MR) is 115 cm³/mol. The van der Waals surface area contributed by atoms with Gasteiger partial charge in [0.1, 0.15) is 5.82 Å². The number of nitrogens with one attached hydrogen (secondary N) is 2. The number of aromatic amines is 1. The number of halogens is 1. The normalized spacial score (nSPS) is 11.0. The van der Waals surface area contributed by atoms with E-state index in [0.29, 0.717) is 21.7 Å². The van der Waals surface area contributed by atoms with Crippen LogP contribution in [0.2, 0.25) is 0 Å². The maximum Gasteiger partial charge on any atom is 0.328 e. The SMILES string of the molecule is CCn1c(=O)[nH]c2cc(C(=O)Nc3nc(-c4ccc(F)cc4)c(C)s3)ccc2c1=O. The van der Waals surface area contributed by atoms with Crippen LogP contribution in [-0.4, -0.2) is 20.4 Å². The number of nitrogens with zero attached hydrogens (tertiary/aromatic N) is 2. The van der Waals surface area contributed by atoms with Crippen molar-refractivity contribution in [3.8, 4) is 11.3 Å². The zero-order valence-corrected chi connectivity index (χ0v) is 17.0. The lowest BCUT2D eigenvalue weighted by atomic mass is 10.1. The van der Waals surface area contributed by atoms with Gasteiger partial charge in [0.25, 0.3) is 11.5 Å². The molecule has 0 saturated carbocycles. The molecule has 0 spiro atoms. The first-order valence-corrected chi connectivity index (χ1v) is 10.0. The number of aryl methyl sites for hydroxylation is 1. The van der Waals surface area contributed by atoms with Crippen LogP contribution in [0.3, 0.4) is 0 Å². The molecule has 0 saturated heterocycles. The van der Waals surface area contributed by atoms with E-state index in [9.17, 15) is 18.8 Å². The Morgan fingerprint density at radius 2 is 1.93 bits per heavy atom. The Labute approximate surface area is 173 Å². The van der Waals surface area contributed by atoms with E-state index in [1.807, 2.05) is 6.92 Å². The third kappa shape index (κ3) is 3.55. The van der Waals surface area contributed by atoms with E-state index in [0.717, 1.165) is 15.0 Å². The van der Waals surface area contributed by atoms with Crippen LogP contribution < -0.4 is 16.6 Å². The zero-order valence-electron chi connectivity index (χ0n) is 16.2. The summed E-state index contributed by atoms with van der Waals surface area (Å²) >= 11 is 1.30. The van der Waals surface area contributed by atoms with Gasteiger partial charge < -0.3 is 4.98 Å². The highest BCUT2D eigenvalue weighted by molar-refractivity contribution is 7.16. The largest absolute Gasteiger partial charge is 0.328 e. The lowest BCUT2D eigenvalue weighted by Gasteiger charge is -2.06. The molecule has 0 bridgehead atoms. The second kappa shape index (κ2) is 7.68. The zero-order chi connectivity index (χ0) is 21.4. The van der Waals surface area contributed by atoms with Gasteiger partial charge >= 0.3 is 5.69 Å². The number of carbonyl (C=O) groups is 1. The molecule has 9 heteroatoms. The molecular formula is C21H17FN4O3S. The summed E-state index contributed by atoms with van der Waals surface area (Å²) in [7, 11) is 0. The van der Waals surface area contributed by atoms with Crippen LogP contribution in [0.5, 0.6) is 0 Å². The van der Waals surface area contributed by atoms with E-state index >= 15 is 0 Å². The Kier molecular flexibility index (Phi) is 5.04. The average Bonchev–Trinajstić information content (AvgIpc) is 3.08. The predicted octanol–water partition coefficient (Wildman–Crippen LogP) is 3.53. The number of hydrogen-bond acceptors (Lipinski definition) is 5. The van der Waals surface area contributed by atoms with Crippen molar-refractivity contribution in [3.05, 3.63) is 79.6 Å². The number of carbonyl (C=O) groups excluding carboxylic acids is 1. The van der Waals surface area contributed by atoms with E-state index in [2.05, 4.69) is 15.3 Å². The number of anilines is 1. The highest BCUT2D eigenvalue weighted by Gasteiger charge is 2.15. The Bertz CT molecular complexity index is 1390. The minimum absolute atomic E-state index is 0.256. The van der Waals surface area contributed by atoms with Crippen LogP contribution in [0, 0.1) is 12.7 Å². The Balaban J connectivity index is 1.63. The first kappa shape index (κ1) is 19.7. The molecule has 0 aliphatic carbocycles. The number of hydrogen-bond donors (Lipinski definition) is 2. The van der Waals surface area contributed by atoms with E-state index < -0.39 is 17.2 Å². The maximum absolute atomic E-state index is 13.2. The van der Waals surface area contributed by atoms with Gasteiger partial charge in [0.15, 0.2) is 5.13 Å². The average molecular weight is 424 g/mol. The number of H-pyrrole nitrogens is 1. The summed E-state index contributed by atoms with van der Waals surface area (Å²) in [6, 6.07) is 10.5. The number of amides is 1. The fraction of sp³-hybridized carbons (Fsp3) is 0.143. The molecule has 0 aliphatic heterocycles. The van der Waals surface area contributed by atoms with Crippen LogP contribution in [-0.2, 0) is 6.54 Å². The number of benzene rings is 2. The van der Waals surface area contributed by atoms with Crippen LogP contribution in [0.1, 0.15) is 22.2 Å². The number of rotatable bonds is 4. The Hall–Kier alpha value is -3.59. The maximum atomic E-state index is 13.2. The number of thiazole rings is 1. The van der Waals surface area contributed by atoms with Gasteiger partial charge in [0.05, 0.1) is 16.6 Å². The van der Waals surface area contributed by atoms with Crippen LogP contribution in [0.25, 0.3) is 22.2 Å². The Morgan fingerprint density at radius 3 is 2.63 bits per heavy atom. The molecule has 2 N–H and O–H groups in total. The van der Waals surface area contributed by atoms with Gasteiger partial charge in [-0.25, -0.2) is 14.2 Å². The van der Waals surface area contributed by atoms with Crippen molar-refractivity contribution < 1.29 is 9.18 Å². The molecule has 2 aromatic heterocycles. The molecule has 2 heterocycles. The molecular weight excluding hydrogens is 407 g/mol. The van der Waals surface area contributed by atoms with Crippen molar-refractivity contribution >= 4 is 33.3 Å². The quantitative estimate of drug-likeness (QED) is 0.524. The molecule has 0 radical (unpaired) electrons. The molecule has 2 aromatic carbocycles. The van der Waals surface area contributed by atoms with E-state index in [1.54, 1.807) is 19.1 Å². The molecule has 0 aliphatic rings. The number of aromatic nitrogens is 3. The summed E-state index contributed by atoms with van der Waals surface area (Å²) in [5.41, 5.74) is 1.07. The second-order valence-electron chi connectivity index (χ2n) is 6.62. The summed E-state index contributed by atoms with van der Waals surface area (Å²) in [5, 5.41) is 3.46. The van der Waals surface area contributed by atoms with Crippen molar-refractivity contribution in [2.45, 2.75) is 20.4 Å². The molecule has 4 rings (SSSR count). The number of fused-ring (bicyclic) bond motifs is 1. The monoisotopic (exact) mass is 424 g/mol. The molecule has 7 nitrogen and oxygen atoms in total. The van der Waals surface area contributed by atoms with E-state index in [4.69, 9.17) is 0 Å². The molecule has 0 atom stereocenters. The molecule has 4 aromatic rings. The Morgan fingerprint density at radius 1 is 1.20 bits per heavy atom. The van der Waals surface area contributed by atoms with Crippen molar-refractivity contribution in [1.82, 2.24) is 14.5 Å². The smallest absolute Gasteiger partial charge is 0.307 e. The van der Waals surface area contributed by atoms with Crippen molar-refractivity contribution in [3.63, 3.8) is 0 Å². The summed E-state index contributed by atoms with van der Waals surface area (Å²) in [6.45, 7) is 3.83. The van der Waals surface area contributed by atoms with Gasteiger partial charge in [-0.3, -0.25) is 19.5 Å². The van der Waals surface area contributed by atoms with Gasteiger partial charge in [-0.05, 0) is 56.3 Å². The van der Waals surface area contributed by atoms with Crippen LogP contribution in [0.15, 0.2) is 52.1 Å². The summed E-state index contributed by atoms with van der Waals surface area (Å²) in [4.78, 5) is 45.0. The van der Waals surface area contributed by atoms with Crippen molar-refractivity contribution in [1.29, 1.82) is 0 Å².